The lowest BCUT2D eigenvalue weighted by atomic mass is 10.0. The predicted octanol–water partition coefficient (Wildman–Crippen LogP) is 6.35. The molecule has 0 radical (unpaired) electrons. The van der Waals surface area contributed by atoms with Crippen LogP contribution in [0.4, 0.5) is 11.5 Å². The largest absolute Gasteiger partial charge is 0.339 e. The van der Waals surface area contributed by atoms with Crippen molar-refractivity contribution in [2.45, 2.75) is 6.92 Å². The van der Waals surface area contributed by atoms with Crippen molar-refractivity contribution >= 4 is 50.4 Å². The van der Waals surface area contributed by atoms with Crippen LogP contribution in [0, 0.1) is 6.92 Å². The van der Waals surface area contributed by atoms with Gasteiger partial charge in [-0.05, 0) is 36.1 Å². The molecule has 1 N–H and O–H groups in total. The highest BCUT2D eigenvalue weighted by atomic mass is 35.5. The van der Waals surface area contributed by atoms with Crippen molar-refractivity contribution in [2.24, 2.45) is 0 Å². The van der Waals surface area contributed by atoms with E-state index in [1.165, 1.54) is 16.3 Å². The van der Waals surface area contributed by atoms with Gasteiger partial charge in [0.05, 0.1) is 22.4 Å². The van der Waals surface area contributed by atoms with Crippen LogP contribution in [-0.4, -0.2) is 9.38 Å². The van der Waals surface area contributed by atoms with E-state index >= 15 is 0 Å². The van der Waals surface area contributed by atoms with E-state index in [4.69, 9.17) is 16.6 Å². The van der Waals surface area contributed by atoms with E-state index in [-0.39, 0.29) is 0 Å². The van der Waals surface area contributed by atoms with Crippen LogP contribution in [0.5, 0.6) is 0 Å². The number of fused-ring (bicyclic) bond motifs is 6. The Hall–Kier alpha value is -3.04. The Balaban J connectivity index is 1.89. The first-order valence-electron chi connectivity index (χ1n) is 8.53. The number of imidazole rings is 1. The summed E-state index contributed by atoms with van der Waals surface area (Å²) in [5.41, 5.74) is 4.18. The monoisotopic (exact) mass is 357 g/mol. The molecule has 2 aromatic heterocycles. The van der Waals surface area contributed by atoms with Crippen LogP contribution >= 0.6 is 11.6 Å². The van der Waals surface area contributed by atoms with Gasteiger partial charge in [0, 0.05) is 10.8 Å². The quantitative estimate of drug-likeness (QED) is 0.373. The molecule has 0 unspecified atom stereocenters. The Labute approximate surface area is 155 Å². The molecule has 0 aliphatic carbocycles. The van der Waals surface area contributed by atoms with Crippen LogP contribution in [0.15, 0.2) is 72.9 Å². The number of aromatic nitrogens is 2. The van der Waals surface area contributed by atoms with Crippen LogP contribution in [0.3, 0.4) is 0 Å². The summed E-state index contributed by atoms with van der Waals surface area (Å²) >= 11 is 6.34. The van der Waals surface area contributed by atoms with Gasteiger partial charge in [-0.3, -0.25) is 4.40 Å². The molecule has 0 aliphatic heterocycles. The number of aryl methyl sites for hydroxylation is 1. The van der Waals surface area contributed by atoms with Crippen LogP contribution < -0.4 is 5.32 Å². The standard InChI is InChI=1S/C22H16ClN3/c1-14-7-6-12-19-21(14)15-8-2-3-9-16(15)22-24-13-20(26(19)22)25-18-11-5-4-10-17(18)23/h2-13,25H,1H3. The van der Waals surface area contributed by atoms with Gasteiger partial charge < -0.3 is 5.32 Å². The molecule has 0 amide bonds. The van der Waals surface area contributed by atoms with E-state index in [0.29, 0.717) is 5.02 Å². The third kappa shape index (κ3) is 2.18. The zero-order valence-corrected chi connectivity index (χ0v) is 15.0. The molecular formula is C22H16ClN3. The van der Waals surface area contributed by atoms with Gasteiger partial charge in [-0.2, -0.15) is 0 Å². The number of pyridine rings is 1. The summed E-state index contributed by atoms with van der Waals surface area (Å²) in [5.74, 6) is 0.898. The van der Waals surface area contributed by atoms with E-state index in [1.54, 1.807) is 0 Å². The van der Waals surface area contributed by atoms with Crippen molar-refractivity contribution in [1.29, 1.82) is 0 Å². The fourth-order valence-corrected chi connectivity index (χ4v) is 3.84. The third-order valence-electron chi connectivity index (χ3n) is 4.83. The van der Waals surface area contributed by atoms with Gasteiger partial charge in [-0.1, -0.05) is 60.1 Å². The Kier molecular flexibility index (Phi) is 3.37. The second-order valence-electron chi connectivity index (χ2n) is 6.42. The molecule has 126 valence electrons. The molecule has 0 saturated carbocycles. The number of rotatable bonds is 2. The first kappa shape index (κ1) is 15.2. The van der Waals surface area contributed by atoms with Crippen molar-refractivity contribution in [3.8, 4) is 0 Å². The highest BCUT2D eigenvalue weighted by Crippen LogP contribution is 2.34. The molecule has 0 saturated heterocycles. The Morgan fingerprint density at radius 2 is 1.65 bits per heavy atom. The van der Waals surface area contributed by atoms with E-state index in [1.807, 2.05) is 30.5 Å². The number of anilines is 2. The van der Waals surface area contributed by atoms with E-state index < -0.39 is 0 Å². The minimum atomic E-state index is 0.684. The topological polar surface area (TPSA) is 29.3 Å². The number of halogens is 1. The number of para-hydroxylation sites is 1. The molecule has 3 aromatic carbocycles. The third-order valence-corrected chi connectivity index (χ3v) is 5.16. The average Bonchev–Trinajstić information content (AvgIpc) is 3.08. The summed E-state index contributed by atoms with van der Waals surface area (Å²) in [7, 11) is 0. The molecule has 0 fully saturated rings. The van der Waals surface area contributed by atoms with Crippen molar-refractivity contribution in [1.82, 2.24) is 9.38 Å². The van der Waals surface area contributed by atoms with Crippen LogP contribution in [0.2, 0.25) is 5.02 Å². The molecule has 0 bridgehead atoms. The van der Waals surface area contributed by atoms with E-state index in [2.05, 4.69) is 59.1 Å². The van der Waals surface area contributed by atoms with Crippen LogP contribution in [0.1, 0.15) is 5.56 Å². The molecule has 3 nitrogen and oxygen atoms in total. The summed E-state index contributed by atoms with van der Waals surface area (Å²) in [6.45, 7) is 2.15. The van der Waals surface area contributed by atoms with Crippen molar-refractivity contribution in [3.63, 3.8) is 0 Å². The van der Waals surface area contributed by atoms with Gasteiger partial charge in [0.2, 0.25) is 0 Å². The smallest absolute Gasteiger partial charge is 0.146 e. The molecule has 0 atom stereocenters. The van der Waals surface area contributed by atoms with Crippen LogP contribution in [-0.2, 0) is 0 Å². The summed E-state index contributed by atoms with van der Waals surface area (Å²) in [6, 6.07) is 22.6. The molecule has 0 aliphatic rings. The zero-order chi connectivity index (χ0) is 17.7. The van der Waals surface area contributed by atoms with Crippen molar-refractivity contribution < 1.29 is 0 Å². The summed E-state index contributed by atoms with van der Waals surface area (Å²) in [4.78, 5) is 4.71. The molecule has 4 heteroatoms. The van der Waals surface area contributed by atoms with Gasteiger partial charge in [0.25, 0.3) is 0 Å². The maximum absolute atomic E-state index is 6.34. The first-order chi connectivity index (χ1) is 12.7. The number of benzene rings is 3. The number of hydrogen-bond acceptors (Lipinski definition) is 2. The summed E-state index contributed by atoms with van der Waals surface area (Å²) in [6.07, 6.45) is 1.87. The molecule has 2 heterocycles. The normalized spacial score (nSPS) is 11.5. The molecular weight excluding hydrogens is 342 g/mol. The number of hydrogen-bond donors (Lipinski definition) is 1. The lowest BCUT2D eigenvalue weighted by molar-refractivity contribution is 1.26. The summed E-state index contributed by atoms with van der Waals surface area (Å²) < 4.78 is 2.17. The maximum atomic E-state index is 6.34. The van der Waals surface area contributed by atoms with Gasteiger partial charge in [-0.15, -0.1) is 0 Å². The molecule has 0 spiro atoms. The van der Waals surface area contributed by atoms with Crippen molar-refractivity contribution in [3.05, 3.63) is 83.5 Å². The molecule has 5 aromatic rings. The Morgan fingerprint density at radius 3 is 2.50 bits per heavy atom. The SMILES string of the molecule is Cc1cccc2c1c1ccccc1c1ncc(Nc3ccccc3Cl)n21. The first-order valence-corrected chi connectivity index (χ1v) is 8.91. The number of nitrogens with zero attached hydrogens (tertiary/aromatic N) is 2. The fraction of sp³-hybridized carbons (Fsp3) is 0.0455. The van der Waals surface area contributed by atoms with Gasteiger partial charge in [0.15, 0.2) is 0 Å². The van der Waals surface area contributed by atoms with Crippen molar-refractivity contribution in [2.75, 3.05) is 5.32 Å². The van der Waals surface area contributed by atoms with Gasteiger partial charge in [-0.25, -0.2) is 4.98 Å². The molecule has 26 heavy (non-hydrogen) atoms. The fourth-order valence-electron chi connectivity index (χ4n) is 3.66. The lowest BCUT2D eigenvalue weighted by Crippen LogP contribution is -1.99. The lowest BCUT2D eigenvalue weighted by Gasteiger charge is -2.13. The highest BCUT2D eigenvalue weighted by Gasteiger charge is 2.14. The average molecular weight is 358 g/mol. The van der Waals surface area contributed by atoms with E-state index in [0.717, 1.165) is 28.1 Å². The minimum absolute atomic E-state index is 0.684. The zero-order valence-electron chi connectivity index (χ0n) is 14.2. The second-order valence-corrected chi connectivity index (χ2v) is 6.83. The van der Waals surface area contributed by atoms with Gasteiger partial charge in [0.1, 0.15) is 11.5 Å². The Bertz CT molecular complexity index is 1290. The van der Waals surface area contributed by atoms with Crippen LogP contribution in [0.25, 0.3) is 27.3 Å². The van der Waals surface area contributed by atoms with Gasteiger partial charge >= 0.3 is 0 Å². The van der Waals surface area contributed by atoms with E-state index in [9.17, 15) is 0 Å². The maximum Gasteiger partial charge on any atom is 0.146 e. The minimum Gasteiger partial charge on any atom is -0.339 e. The molecule has 5 rings (SSSR count). The number of nitrogens with one attached hydrogen (secondary N) is 1. The highest BCUT2D eigenvalue weighted by molar-refractivity contribution is 6.33. The summed E-state index contributed by atoms with van der Waals surface area (Å²) in [5, 5.41) is 7.74. The predicted molar refractivity (Wildman–Crippen MR) is 110 cm³/mol. The Morgan fingerprint density at radius 1 is 0.885 bits per heavy atom. The second kappa shape index (κ2) is 5.75.